The topological polar surface area (TPSA) is 55.0 Å². The summed E-state index contributed by atoms with van der Waals surface area (Å²) in [5.74, 6) is 0. The van der Waals surface area contributed by atoms with Gasteiger partial charge in [0.25, 0.3) is 0 Å². The Bertz CT molecular complexity index is 258. The average molecular weight is 212 g/mol. The van der Waals surface area contributed by atoms with Gasteiger partial charge in [-0.3, -0.25) is 0 Å². The molecule has 0 aromatic carbocycles. The van der Waals surface area contributed by atoms with Crippen molar-refractivity contribution >= 4 is 16.5 Å². The van der Waals surface area contributed by atoms with Crippen LogP contribution in [-0.4, -0.2) is 29.3 Å². The number of anilines is 1. The van der Waals surface area contributed by atoms with Crippen molar-refractivity contribution in [3.8, 4) is 0 Å². The highest BCUT2D eigenvalue weighted by Gasteiger charge is 2.26. The molecule has 0 aliphatic heterocycles. The molecule has 5 heteroatoms. The standard InChI is InChI=1S/C9H16N4S/c10-5-2-6-13(8-3-1-4-8)9-12-11-7-14-9/h7-8H,1-6,10H2. The minimum Gasteiger partial charge on any atom is -0.344 e. The second-order valence-electron chi connectivity index (χ2n) is 3.64. The smallest absolute Gasteiger partial charge is 0.208 e. The fourth-order valence-corrected chi connectivity index (χ4v) is 2.35. The molecule has 0 amide bonds. The zero-order chi connectivity index (χ0) is 9.80. The zero-order valence-electron chi connectivity index (χ0n) is 8.22. The molecule has 0 radical (unpaired) electrons. The van der Waals surface area contributed by atoms with Gasteiger partial charge in [-0.05, 0) is 32.2 Å². The molecule has 2 N–H and O–H groups in total. The highest BCUT2D eigenvalue weighted by Crippen LogP contribution is 2.30. The van der Waals surface area contributed by atoms with Crippen LogP contribution >= 0.6 is 11.3 Å². The molecular formula is C9H16N4S. The number of nitrogens with zero attached hydrogens (tertiary/aromatic N) is 3. The van der Waals surface area contributed by atoms with Gasteiger partial charge in [-0.1, -0.05) is 11.3 Å². The minimum atomic E-state index is 0.689. The van der Waals surface area contributed by atoms with Gasteiger partial charge < -0.3 is 10.6 Å². The summed E-state index contributed by atoms with van der Waals surface area (Å²) in [5, 5.41) is 9.07. The van der Waals surface area contributed by atoms with E-state index in [1.54, 1.807) is 16.8 Å². The van der Waals surface area contributed by atoms with Gasteiger partial charge in [-0.25, -0.2) is 0 Å². The maximum absolute atomic E-state index is 5.53. The van der Waals surface area contributed by atoms with Crippen molar-refractivity contribution in [1.82, 2.24) is 10.2 Å². The van der Waals surface area contributed by atoms with Crippen molar-refractivity contribution in [3.05, 3.63) is 5.51 Å². The lowest BCUT2D eigenvalue weighted by Gasteiger charge is -2.37. The maximum atomic E-state index is 5.53. The van der Waals surface area contributed by atoms with E-state index >= 15 is 0 Å². The van der Waals surface area contributed by atoms with Crippen molar-refractivity contribution in [2.24, 2.45) is 5.73 Å². The van der Waals surface area contributed by atoms with Gasteiger partial charge in [0.1, 0.15) is 5.51 Å². The summed E-state index contributed by atoms with van der Waals surface area (Å²) >= 11 is 1.62. The monoisotopic (exact) mass is 212 g/mol. The summed E-state index contributed by atoms with van der Waals surface area (Å²) in [5.41, 5.74) is 7.33. The Kier molecular flexibility index (Phi) is 3.31. The van der Waals surface area contributed by atoms with Crippen molar-refractivity contribution in [3.63, 3.8) is 0 Å². The first-order chi connectivity index (χ1) is 6.92. The second kappa shape index (κ2) is 4.70. The van der Waals surface area contributed by atoms with Crippen LogP contribution in [0.2, 0.25) is 0 Å². The Morgan fingerprint density at radius 2 is 2.43 bits per heavy atom. The average Bonchev–Trinajstić information content (AvgIpc) is 2.61. The lowest BCUT2D eigenvalue weighted by Crippen LogP contribution is -2.41. The van der Waals surface area contributed by atoms with Crippen LogP contribution in [-0.2, 0) is 0 Å². The third kappa shape index (κ3) is 2.04. The number of hydrogen-bond donors (Lipinski definition) is 1. The molecule has 1 aliphatic rings. The summed E-state index contributed by atoms with van der Waals surface area (Å²) in [4.78, 5) is 2.37. The molecular weight excluding hydrogens is 196 g/mol. The summed E-state index contributed by atoms with van der Waals surface area (Å²) in [7, 11) is 0. The minimum absolute atomic E-state index is 0.689. The van der Waals surface area contributed by atoms with Crippen LogP contribution in [0.25, 0.3) is 0 Å². The largest absolute Gasteiger partial charge is 0.344 e. The normalized spacial score (nSPS) is 16.6. The molecule has 1 fully saturated rings. The van der Waals surface area contributed by atoms with E-state index in [2.05, 4.69) is 15.1 Å². The second-order valence-corrected chi connectivity index (χ2v) is 4.45. The molecule has 14 heavy (non-hydrogen) atoms. The lowest BCUT2D eigenvalue weighted by atomic mass is 9.92. The molecule has 78 valence electrons. The van der Waals surface area contributed by atoms with Crippen LogP contribution in [0.5, 0.6) is 0 Å². The van der Waals surface area contributed by atoms with Gasteiger partial charge >= 0.3 is 0 Å². The van der Waals surface area contributed by atoms with Gasteiger partial charge in [0.05, 0.1) is 0 Å². The highest BCUT2D eigenvalue weighted by molar-refractivity contribution is 7.13. The highest BCUT2D eigenvalue weighted by atomic mass is 32.1. The molecule has 1 heterocycles. The predicted octanol–water partition coefficient (Wildman–Crippen LogP) is 1.25. The van der Waals surface area contributed by atoms with Crippen molar-refractivity contribution in [1.29, 1.82) is 0 Å². The predicted molar refractivity (Wildman–Crippen MR) is 58.6 cm³/mol. The summed E-state index contributed by atoms with van der Waals surface area (Å²) < 4.78 is 0. The van der Waals surface area contributed by atoms with E-state index in [1.807, 2.05) is 0 Å². The molecule has 0 saturated heterocycles. The molecule has 1 aromatic rings. The fraction of sp³-hybridized carbons (Fsp3) is 0.778. The van der Waals surface area contributed by atoms with Crippen LogP contribution in [0, 0.1) is 0 Å². The van der Waals surface area contributed by atoms with Crippen LogP contribution in [0.15, 0.2) is 5.51 Å². The van der Waals surface area contributed by atoms with Crippen molar-refractivity contribution in [2.45, 2.75) is 31.7 Å². The Balaban J connectivity index is 1.98. The lowest BCUT2D eigenvalue weighted by molar-refractivity contribution is 0.384. The van der Waals surface area contributed by atoms with E-state index in [9.17, 15) is 0 Å². The third-order valence-corrected chi connectivity index (χ3v) is 3.44. The summed E-state index contributed by atoms with van der Waals surface area (Å²) in [6, 6.07) is 0.689. The van der Waals surface area contributed by atoms with Crippen molar-refractivity contribution < 1.29 is 0 Å². The number of nitrogens with two attached hydrogens (primary N) is 1. The van der Waals surface area contributed by atoms with Crippen LogP contribution < -0.4 is 10.6 Å². The van der Waals surface area contributed by atoms with Gasteiger partial charge in [0, 0.05) is 12.6 Å². The Hall–Kier alpha value is -0.680. The Labute approximate surface area is 88.1 Å². The van der Waals surface area contributed by atoms with E-state index in [4.69, 9.17) is 5.73 Å². The van der Waals surface area contributed by atoms with Crippen LogP contribution in [0.3, 0.4) is 0 Å². The SMILES string of the molecule is NCCCN(c1nncs1)C1CCC1. The van der Waals surface area contributed by atoms with E-state index in [1.165, 1.54) is 19.3 Å². The number of aromatic nitrogens is 2. The Morgan fingerprint density at radius 1 is 1.57 bits per heavy atom. The Morgan fingerprint density at radius 3 is 2.93 bits per heavy atom. The first-order valence-corrected chi connectivity index (χ1v) is 6.02. The fourth-order valence-electron chi connectivity index (χ4n) is 1.69. The molecule has 1 aliphatic carbocycles. The molecule has 0 atom stereocenters. The third-order valence-electron chi connectivity index (χ3n) is 2.71. The number of hydrogen-bond acceptors (Lipinski definition) is 5. The van der Waals surface area contributed by atoms with E-state index < -0.39 is 0 Å². The van der Waals surface area contributed by atoms with Gasteiger partial charge in [0.15, 0.2) is 0 Å². The summed E-state index contributed by atoms with van der Waals surface area (Å²) in [6.45, 7) is 1.78. The molecule has 0 unspecified atom stereocenters. The zero-order valence-corrected chi connectivity index (χ0v) is 9.04. The molecule has 4 nitrogen and oxygen atoms in total. The van der Waals surface area contributed by atoms with Crippen LogP contribution in [0.4, 0.5) is 5.13 Å². The maximum Gasteiger partial charge on any atom is 0.208 e. The van der Waals surface area contributed by atoms with E-state index in [0.29, 0.717) is 6.04 Å². The van der Waals surface area contributed by atoms with E-state index in [0.717, 1.165) is 24.6 Å². The first kappa shape index (κ1) is 9.86. The number of rotatable bonds is 5. The molecule has 0 spiro atoms. The van der Waals surface area contributed by atoms with Crippen molar-refractivity contribution in [2.75, 3.05) is 18.0 Å². The first-order valence-electron chi connectivity index (χ1n) is 5.14. The quantitative estimate of drug-likeness (QED) is 0.798. The molecule has 1 aromatic heterocycles. The van der Waals surface area contributed by atoms with Gasteiger partial charge in [-0.2, -0.15) is 0 Å². The molecule has 0 bridgehead atoms. The van der Waals surface area contributed by atoms with Crippen LogP contribution in [0.1, 0.15) is 25.7 Å². The summed E-state index contributed by atoms with van der Waals surface area (Å²) in [6.07, 6.45) is 4.98. The van der Waals surface area contributed by atoms with Gasteiger partial charge in [0.2, 0.25) is 5.13 Å². The van der Waals surface area contributed by atoms with E-state index in [-0.39, 0.29) is 0 Å². The van der Waals surface area contributed by atoms with Gasteiger partial charge in [-0.15, -0.1) is 10.2 Å². The molecule has 1 saturated carbocycles. The molecule has 2 rings (SSSR count).